The minimum atomic E-state index is -0.324. The van der Waals surface area contributed by atoms with Crippen LogP contribution >= 0.6 is 0 Å². The summed E-state index contributed by atoms with van der Waals surface area (Å²) in [6.45, 7) is 6.99. The number of aliphatic hydroxyl groups is 1. The van der Waals surface area contributed by atoms with Crippen molar-refractivity contribution >= 4 is 6.03 Å². The van der Waals surface area contributed by atoms with Crippen LogP contribution in [0.15, 0.2) is 0 Å². The lowest BCUT2D eigenvalue weighted by molar-refractivity contribution is 0.0794. The molecule has 0 aromatic carbocycles. The number of carbonyl (C=O) groups excluding carboxylic acids is 1. The van der Waals surface area contributed by atoms with Gasteiger partial charge in [-0.3, -0.25) is 0 Å². The molecule has 1 N–H and O–H groups in total. The summed E-state index contributed by atoms with van der Waals surface area (Å²) < 4.78 is 0. The Balaban J connectivity index is 2.04. The molecule has 2 saturated heterocycles. The highest BCUT2D eigenvalue weighted by Gasteiger charge is 2.37. The Hall–Kier alpha value is -0.770. The van der Waals surface area contributed by atoms with E-state index in [-0.39, 0.29) is 18.2 Å². The number of hydrogen-bond acceptors (Lipinski definition) is 2. The maximum absolute atomic E-state index is 12.8. The molecule has 4 atom stereocenters. The summed E-state index contributed by atoms with van der Waals surface area (Å²) >= 11 is 0. The summed E-state index contributed by atoms with van der Waals surface area (Å²) in [5.74, 6) is 0. The standard InChI is InChI=1S/C15H28N2O2/c1-11-6-4-7-12(2)17(11)15(19)16-9-5-8-14(16)10-13(3)18/h11-14,18H,4-10H2,1-3H3. The lowest BCUT2D eigenvalue weighted by Gasteiger charge is -2.42. The number of likely N-dealkylation sites (tertiary alicyclic amines) is 2. The lowest BCUT2D eigenvalue weighted by atomic mass is 9.98. The molecule has 2 aliphatic rings. The second-order valence-corrected chi connectivity index (χ2v) is 6.39. The van der Waals surface area contributed by atoms with Crippen molar-refractivity contribution in [1.82, 2.24) is 9.80 Å². The van der Waals surface area contributed by atoms with Gasteiger partial charge in [0, 0.05) is 24.7 Å². The normalized spacial score (nSPS) is 33.6. The van der Waals surface area contributed by atoms with Crippen molar-refractivity contribution in [2.24, 2.45) is 0 Å². The zero-order chi connectivity index (χ0) is 14.0. The van der Waals surface area contributed by atoms with E-state index in [0.717, 1.165) is 32.2 Å². The first-order valence-electron chi connectivity index (χ1n) is 7.77. The summed E-state index contributed by atoms with van der Waals surface area (Å²) in [6, 6.07) is 1.13. The second kappa shape index (κ2) is 6.12. The average molecular weight is 268 g/mol. The molecule has 19 heavy (non-hydrogen) atoms. The third-order valence-corrected chi connectivity index (χ3v) is 4.65. The van der Waals surface area contributed by atoms with Gasteiger partial charge in [0.2, 0.25) is 0 Å². The van der Waals surface area contributed by atoms with E-state index in [1.807, 2.05) is 11.8 Å². The molecule has 0 saturated carbocycles. The first kappa shape index (κ1) is 14.6. The van der Waals surface area contributed by atoms with Crippen molar-refractivity contribution in [2.75, 3.05) is 6.54 Å². The van der Waals surface area contributed by atoms with Gasteiger partial charge in [0.15, 0.2) is 0 Å². The minimum absolute atomic E-state index is 0.197. The number of carbonyl (C=O) groups is 1. The van der Waals surface area contributed by atoms with Gasteiger partial charge in [-0.05, 0) is 59.3 Å². The van der Waals surface area contributed by atoms with Crippen LogP contribution in [-0.2, 0) is 0 Å². The lowest BCUT2D eigenvalue weighted by Crippen LogP contribution is -2.54. The van der Waals surface area contributed by atoms with Crippen molar-refractivity contribution in [3.8, 4) is 0 Å². The smallest absolute Gasteiger partial charge is 0.320 e. The Bertz CT molecular complexity index is 309. The maximum Gasteiger partial charge on any atom is 0.320 e. The number of nitrogens with zero attached hydrogens (tertiary/aromatic N) is 2. The predicted octanol–water partition coefficient (Wildman–Crippen LogP) is 2.60. The summed E-state index contributed by atoms with van der Waals surface area (Å²) in [4.78, 5) is 16.9. The molecule has 0 aromatic heterocycles. The summed E-state index contributed by atoms with van der Waals surface area (Å²) in [7, 11) is 0. The van der Waals surface area contributed by atoms with Crippen LogP contribution in [0.2, 0.25) is 0 Å². The summed E-state index contributed by atoms with van der Waals surface area (Å²) in [5.41, 5.74) is 0. The molecular weight excluding hydrogens is 240 g/mol. The van der Waals surface area contributed by atoms with Crippen molar-refractivity contribution < 1.29 is 9.90 Å². The first-order chi connectivity index (χ1) is 9.00. The topological polar surface area (TPSA) is 43.8 Å². The van der Waals surface area contributed by atoms with E-state index in [2.05, 4.69) is 18.7 Å². The van der Waals surface area contributed by atoms with Gasteiger partial charge in [-0.25, -0.2) is 4.79 Å². The minimum Gasteiger partial charge on any atom is -0.393 e. The molecule has 0 aromatic rings. The highest BCUT2D eigenvalue weighted by atomic mass is 16.3. The van der Waals surface area contributed by atoms with E-state index in [4.69, 9.17) is 0 Å². The Kier molecular flexibility index (Phi) is 4.71. The van der Waals surface area contributed by atoms with Crippen LogP contribution in [-0.4, -0.2) is 51.7 Å². The van der Waals surface area contributed by atoms with Crippen LogP contribution in [0.5, 0.6) is 0 Å². The quantitative estimate of drug-likeness (QED) is 0.836. The zero-order valence-corrected chi connectivity index (χ0v) is 12.5. The van der Waals surface area contributed by atoms with Gasteiger partial charge in [0.05, 0.1) is 6.10 Å². The molecule has 2 aliphatic heterocycles. The van der Waals surface area contributed by atoms with Gasteiger partial charge in [0.1, 0.15) is 0 Å². The molecule has 110 valence electrons. The molecule has 0 radical (unpaired) electrons. The fourth-order valence-corrected chi connectivity index (χ4v) is 3.67. The van der Waals surface area contributed by atoms with Gasteiger partial charge >= 0.3 is 6.03 Å². The van der Waals surface area contributed by atoms with E-state index in [9.17, 15) is 9.90 Å². The fourth-order valence-electron chi connectivity index (χ4n) is 3.67. The van der Waals surface area contributed by atoms with Crippen molar-refractivity contribution in [1.29, 1.82) is 0 Å². The van der Waals surface area contributed by atoms with Gasteiger partial charge in [-0.15, -0.1) is 0 Å². The Morgan fingerprint density at radius 3 is 2.42 bits per heavy atom. The van der Waals surface area contributed by atoms with Gasteiger partial charge in [-0.2, -0.15) is 0 Å². The average Bonchev–Trinajstić information content (AvgIpc) is 2.75. The Morgan fingerprint density at radius 2 is 1.84 bits per heavy atom. The fraction of sp³-hybridized carbons (Fsp3) is 0.933. The number of amides is 2. The van der Waals surface area contributed by atoms with Crippen molar-refractivity contribution in [3.05, 3.63) is 0 Å². The molecule has 4 nitrogen and oxygen atoms in total. The highest BCUT2D eigenvalue weighted by molar-refractivity contribution is 5.76. The molecular formula is C15H28N2O2. The molecule has 0 bridgehead atoms. The molecule has 0 spiro atoms. The predicted molar refractivity (Wildman–Crippen MR) is 76.0 cm³/mol. The molecule has 2 rings (SSSR count). The number of aliphatic hydroxyl groups excluding tert-OH is 1. The van der Waals surface area contributed by atoms with Crippen LogP contribution in [0.1, 0.15) is 59.3 Å². The van der Waals surface area contributed by atoms with Crippen molar-refractivity contribution in [2.45, 2.75) is 83.5 Å². The SMILES string of the molecule is CC(O)CC1CCCN1C(=O)N1C(C)CCCC1C. The number of hydrogen-bond donors (Lipinski definition) is 1. The van der Waals surface area contributed by atoms with E-state index in [1.165, 1.54) is 6.42 Å². The van der Waals surface area contributed by atoms with Crippen LogP contribution in [0, 0.1) is 0 Å². The van der Waals surface area contributed by atoms with Gasteiger partial charge < -0.3 is 14.9 Å². The van der Waals surface area contributed by atoms with Crippen LogP contribution < -0.4 is 0 Å². The molecule has 2 amide bonds. The van der Waals surface area contributed by atoms with Crippen LogP contribution in [0.25, 0.3) is 0 Å². The summed E-state index contributed by atoms with van der Waals surface area (Å²) in [6.07, 6.45) is 5.95. The zero-order valence-electron chi connectivity index (χ0n) is 12.5. The van der Waals surface area contributed by atoms with E-state index < -0.39 is 0 Å². The van der Waals surface area contributed by atoms with Crippen LogP contribution in [0.4, 0.5) is 4.79 Å². The molecule has 4 heteroatoms. The third-order valence-electron chi connectivity index (χ3n) is 4.65. The number of urea groups is 1. The van der Waals surface area contributed by atoms with Crippen LogP contribution in [0.3, 0.4) is 0 Å². The third kappa shape index (κ3) is 3.22. The molecule has 0 aliphatic carbocycles. The highest BCUT2D eigenvalue weighted by Crippen LogP contribution is 2.28. The van der Waals surface area contributed by atoms with E-state index >= 15 is 0 Å². The molecule has 2 fully saturated rings. The van der Waals surface area contributed by atoms with Crippen molar-refractivity contribution in [3.63, 3.8) is 0 Å². The van der Waals surface area contributed by atoms with E-state index in [1.54, 1.807) is 0 Å². The maximum atomic E-state index is 12.8. The number of rotatable bonds is 2. The first-order valence-corrected chi connectivity index (χ1v) is 7.77. The van der Waals surface area contributed by atoms with Gasteiger partial charge in [0.25, 0.3) is 0 Å². The largest absolute Gasteiger partial charge is 0.393 e. The number of piperidine rings is 1. The molecule has 2 heterocycles. The van der Waals surface area contributed by atoms with Gasteiger partial charge in [-0.1, -0.05) is 0 Å². The monoisotopic (exact) mass is 268 g/mol. The molecule has 4 unspecified atom stereocenters. The van der Waals surface area contributed by atoms with E-state index in [0.29, 0.717) is 18.5 Å². The summed E-state index contributed by atoms with van der Waals surface area (Å²) in [5, 5.41) is 9.58. The second-order valence-electron chi connectivity index (χ2n) is 6.39. The Labute approximate surface area is 116 Å². The Morgan fingerprint density at radius 1 is 1.21 bits per heavy atom.